The van der Waals surface area contributed by atoms with Gasteiger partial charge in [-0.3, -0.25) is 0 Å². The van der Waals surface area contributed by atoms with E-state index in [1.54, 1.807) is 41.1 Å². The van der Waals surface area contributed by atoms with E-state index in [0.29, 0.717) is 28.8 Å². The summed E-state index contributed by atoms with van der Waals surface area (Å²) in [4.78, 5) is 20.4. The maximum atomic E-state index is 13.2. The molecule has 0 saturated heterocycles. The molecule has 0 spiro atoms. The quantitative estimate of drug-likeness (QED) is 0.483. The van der Waals surface area contributed by atoms with Crippen LogP contribution in [0.3, 0.4) is 0 Å². The van der Waals surface area contributed by atoms with Crippen molar-refractivity contribution < 1.29 is 13.9 Å². The summed E-state index contributed by atoms with van der Waals surface area (Å²) in [6.45, 7) is 3.86. The lowest BCUT2D eigenvalue weighted by Gasteiger charge is -2.10. The van der Waals surface area contributed by atoms with Crippen molar-refractivity contribution in [1.29, 1.82) is 0 Å². The Morgan fingerprint density at radius 1 is 0.968 bits per heavy atom. The predicted octanol–water partition coefficient (Wildman–Crippen LogP) is 4.85. The number of rotatable bonds is 5. The number of amides is 2. The summed E-state index contributed by atoms with van der Waals surface area (Å²) in [6, 6.07) is 15.6. The molecule has 0 aliphatic carbocycles. The number of urea groups is 1. The highest BCUT2D eigenvalue weighted by molar-refractivity contribution is 5.99. The molecule has 0 unspecified atom stereocenters. The molecule has 156 valence electrons. The molecule has 4 aromatic rings. The number of anilines is 2. The molecule has 8 nitrogen and oxygen atoms in total. The number of ether oxygens (including phenoxy) is 1. The fourth-order valence-corrected chi connectivity index (χ4v) is 2.95. The predicted molar refractivity (Wildman–Crippen MR) is 114 cm³/mol. The number of hydrogen-bond acceptors (Lipinski definition) is 5. The van der Waals surface area contributed by atoms with Gasteiger partial charge in [0.25, 0.3) is 0 Å². The molecular formula is C22H19FN6O2. The molecule has 0 saturated carbocycles. The van der Waals surface area contributed by atoms with Crippen molar-refractivity contribution in [3.8, 4) is 17.4 Å². The van der Waals surface area contributed by atoms with Gasteiger partial charge >= 0.3 is 6.03 Å². The van der Waals surface area contributed by atoms with Crippen LogP contribution in [0.25, 0.3) is 5.82 Å². The lowest BCUT2D eigenvalue weighted by atomic mass is 10.3. The highest BCUT2D eigenvalue weighted by Gasteiger charge is 2.08. The second-order valence-electron chi connectivity index (χ2n) is 6.77. The van der Waals surface area contributed by atoms with E-state index >= 15 is 0 Å². The van der Waals surface area contributed by atoms with E-state index in [1.807, 2.05) is 19.9 Å². The number of nitrogens with one attached hydrogen (secondary N) is 2. The van der Waals surface area contributed by atoms with Crippen molar-refractivity contribution in [2.75, 3.05) is 10.6 Å². The third-order valence-corrected chi connectivity index (χ3v) is 4.27. The average molecular weight is 418 g/mol. The zero-order valence-corrected chi connectivity index (χ0v) is 16.8. The molecule has 0 aliphatic heterocycles. The Bertz CT molecular complexity index is 1220. The van der Waals surface area contributed by atoms with E-state index < -0.39 is 11.8 Å². The van der Waals surface area contributed by atoms with E-state index in [9.17, 15) is 9.18 Å². The monoisotopic (exact) mass is 418 g/mol. The van der Waals surface area contributed by atoms with Crippen LogP contribution in [0.5, 0.6) is 11.6 Å². The van der Waals surface area contributed by atoms with Crippen molar-refractivity contribution in [3.63, 3.8) is 0 Å². The molecule has 0 radical (unpaired) electrons. The molecule has 0 aliphatic rings. The first kappa shape index (κ1) is 20.0. The second kappa shape index (κ2) is 8.62. The first-order valence-corrected chi connectivity index (χ1v) is 9.43. The SMILES string of the molecule is Cc1cc(C)n(-c2cc(Oc3ccc(NC(=O)Nc4cccc(F)c4)cc3)ncn2)n1. The maximum absolute atomic E-state index is 13.2. The summed E-state index contributed by atoms with van der Waals surface area (Å²) in [5.74, 6) is 1.07. The van der Waals surface area contributed by atoms with Gasteiger partial charge in [-0.1, -0.05) is 6.07 Å². The van der Waals surface area contributed by atoms with E-state index in [1.165, 1.54) is 24.5 Å². The van der Waals surface area contributed by atoms with Gasteiger partial charge in [0.2, 0.25) is 5.88 Å². The van der Waals surface area contributed by atoms with Crippen LogP contribution in [0.2, 0.25) is 0 Å². The first-order chi connectivity index (χ1) is 15.0. The van der Waals surface area contributed by atoms with Gasteiger partial charge in [-0.25, -0.2) is 23.8 Å². The minimum Gasteiger partial charge on any atom is -0.439 e. The maximum Gasteiger partial charge on any atom is 0.323 e. The van der Waals surface area contributed by atoms with Crippen LogP contribution in [0.15, 0.2) is 67.0 Å². The van der Waals surface area contributed by atoms with Crippen molar-refractivity contribution in [2.24, 2.45) is 0 Å². The molecule has 2 heterocycles. The van der Waals surface area contributed by atoms with Crippen LogP contribution in [0.1, 0.15) is 11.4 Å². The highest BCUT2D eigenvalue weighted by Crippen LogP contribution is 2.23. The van der Waals surface area contributed by atoms with Gasteiger partial charge in [-0.15, -0.1) is 0 Å². The smallest absolute Gasteiger partial charge is 0.323 e. The number of aryl methyl sites for hydroxylation is 2. The molecule has 0 fully saturated rings. The van der Waals surface area contributed by atoms with Gasteiger partial charge < -0.3 is 15.4 Å². The summed E-state index contributed by atoms with van der Waals surface area (Å²) >= 11 is 0. The Morgan fingerprint density at radius 2 is 1.74 bits per heavy atom. The largest absolute Gasteiger partial charge is 0.439 e. The Hall–Kier alpha value is -4.27. The number of hydrogen-bond donors (Lipinski definition) is 2. The Balaban J connectivity index is 1.40. The summed E-state index contributed by atoms with van der Waals surface area (Å²) < 4.78 is 20.7. The van der Waals surface area contributed by atoms with Crippen molar-refractivity contribution in [2.45, 2.75) is 13.8 Å². The van der Waals surface area contributed by atoms with Crippen LogP contribution in [-0.2, 0) is 0 Å². The molecule has 9 heteroatoms. The Morgan fingerprint density at radius 3 is 2.45 bits per heavy atom. The molecule has 2 N–H and O–H groups in total. The number of nitrogens with zero attached hydrogens (tertiary/aromatic N) is 4. The zero-order valence-electron chi connectivity index (χ0n) is 16.8. The van der Waals surface area contributed by atoms with Gasteiger partial charge in [-0.05, 0) is 62.4 Å². The Kier molecular flexibility index (Phi) is 5.57. The van der Waals surface area contributed by atoms with Gasteiger partial charge in [0.1, 0.15) is 17.9 Å². The number of carbonyl (C=O) groups is 1. The minimum atomic E-state index is -0.482. The first-order valence-electron chi connectivity index (χ1n) is 9.43. The third kappa shape index (κ3) is 5.02. The van der Waals surface area contributed by atoms with Gasteiger partial charge in [0, 0.05) is 23.1 Å². The number of carbonyl (C=O) groups excluding carboxylic acids is 1. The van der Waals surface area contributed by atoms with Crippen LogP contribution in [0.4, 0.5) is 20.6 Å². The summed E-state index contributed by atoms with van der Waals surface area (Å²) in [5.41, 5.74) is 2.75. The summed E-state index contributed by atoms with van der Waals surface area (Å²) in [5, 5.41) is 9.65. The van der Waals surface area contributed by atoms with E-state index in [4.69, 9.17) is 4.74 Å². The van der Waals surface area contributed by atoms with Crippen molar-refractivity contribution in [3.05, 3.63) is 84.2 Å². The number of aromatic nitrogens is 4. The van der Waals surface area contributed by atoms with Crippen molar-refractivity contribution >= 4 is 17.4 Å². The van der Waals surface area contributed by atoms with Crippen LogP contribution in [0, 0.1) is 19.7 Å². The van der Waals surface area contributed by atoms with Crippen LogP contribution in [-0.4, -0.2) is 25.8 Å². The topological polar surface area (TPSA) is 94.0 Å². The Labute approximate surface area is 177 Å². The van der Waals surface area contributed by atoms with E-state index in [-0.39, 0.29) is 0 Å². The summed E-state index contributed by atoms with van der Waals surface area (Å²) in [7, 11) is 0. The molecule has 2 amide bonds. The average Bonchev–Trinajstić information content (AvgIpc) is 3.08. The molecular weight excluding hydrogens is 399 g/mol. The fourth-order valence-electron chi connectivity index (χ4n) is 2.95. The molecule has 4 rings (SSSR count). The molecule has 2 aromatic heterocycles. The third-order valence-electron chi connectivity index (χ3n) is 4.27. The molecule has 0 bridgehead atoms. The van der Waals surface area contributed by atoms with Gasteiger partial charge in [-0.2, -0.15) is 5.10 Å². The molecule has 2 aromatic carbocycles. The number of halogens is 1. The number of benzene rings is 2. The standard InChI is InChI=1S/C22H19FN6O2/c1-14-10-15(2)29(28-14)20-12-21(25-13-24-20)31-19-8-6-17(7-9-19)26-22(30)27-18-5-3-4-16(23)11-18/h3-13H,1-2H3,(H2,26,27,30). The van der Waals surface area contributed by atoms with Crippen LogP contribution < -0.4 is 15.4 Å². The molecule has 0 atom stereocenters. The molecule has 31 heavy (non-hydrogen) atoms. The lowest BCUT2D eigenvalue weighted by molar-refractivity contribution is 0.262. The highest BCUT2D eigenvalue weighted by atomic mass is 19.1. The minimum absolute atomic E-state index is 0.361. The fraction of sp³-hybridized carbons (Fsp3) is 0.0909. The van der Waals surface area contributed by atoms with E-state index in [0.717, 1.165) is 11.4 Å². The normalized spacial score (nSPS) is 10.5. The van der Waals surface area contributed by atoms with Gasteiger partial charge in [0.15, 0.2) is 5.82 Å². The van der Waals surface area contributed by atoms with Crippen LogP contribution >= 0.6 is 0 Å². The van der Waals surface area contributed by atoms with Gasteiger partial charge in [0.05, 0.1) is 5.69 Å². The second-order valence-corrected chi connectivity index (χ2v) is 6.77. The lowest BCUT2D eigenvalue weighted by Crippen LogP contribution is -2.19. The summed E-state index contributed by atoms with van der Waals surface area (Å²) in [6.07, 6.45) is 1.41. The van der Waals surface area contributed by atoms with E-state index in [2.05, 4.69) is 25.7 Å². The van der Waals surface area contributed by atoms with Crippen molar-refractivity contribution in [1.82, 2.24) is 19.7 Å². The zero-order chi connectivity index (χ0) is 21.8.